The number of piperidine rings is 1. The van der Waals surface area contributed by atoms with Crippen LogP contribution in [-0.2, 0) is 0 Å². The lowest BCUT2D eigenvalue weighted by Gasteiger charge is -2.25. The van der Waals surface area contributed by atoms with Gasteiger partial charge in [-0.15, -0.1) is 17.8 Å². The Morgan fingerprint density at radius 1 is 1.47 bits per heavy atom. The van der Waals surface area contributed by atoms with Crippen LogP contribution in [0.4, 0.5) is 0 Å². The van der Waals surface area contributed by atoms with E-state index in [0.717, 1.165) is 25.9 Å². The first-order valence-corrected chi connectivity index (χ1v) is 5.84. The monoisotopic (exact) mass is 220 g/mol. The Balaban J connectivity index is 2.09. The Morgan fingerprint density at radius 3 is 2.80 bits per heavy atom. The first-order chi connectivity index (χ1) is 7.31. The van der Waals surface area contributed by atoms with Crippen molar-refractivity contribution in [3.05, 3.63) is 16.1 Å². The van der Waals surface area contributed by atoms with Crippen LogP contribution in [0.2, 0.25) is 0 Å². The van der Waals surface area contributed by atoms with Crippen molar-refractivity contribution in [2.75, 3.05) is 13.1 Å². The molecule has 0 aliphatic carbocycles. The lowest BCUT2D eigenvalue weighted by molar-refractivity contribution is 0.0729. The Bertz CT molecular complexity index is 399. The number of carbonyl (C=O) groups is 1. The molecule has 3 nitrogen and oxygen atoms in total. The highest BCUT2D eigenvalue weighted by Crippen LogP contribution is 2.17. The third-order valence-electron chi connectivity index (χ3n) is 2.48. The van der Waals surface area contributed by atoms with Gasteiger partial charge in [-0.2, -0.15) is 0 Å². The second-order valence-corrected chi connectivity index (χ2v) is 4.56. The predicted octanol–water partition coefficient (Wildman–Crippen LogP) is 1.75. The summed E-state index contributed by atoms with van der Waals surface area (Å²) in [6, 6.07) is 0. The number of terminal acetylenes is 1. The highest BCUT2D eigenvalue weighted by molar-refractivity contribution is 7.14. The van der Waals surface area contributed by atoms with Gasteiger partial charge in [0.2, 0.25) is 0 Å². The predicted molar refractivity (Wildman–Crippen MR) is 59.8 cm³/mol. The molecule has 2 rings (SSSR count). The minimum atomic E-state index is 0.0775. The Morgan fingerprint density at radius 2 is 2.20 bits per heavy atom. The molecule has 1 fully saturated rings. The Hall–Kier alpha value is -1.34. The molecule has 1 aromatic rings. The molecular weight excluding hydrogens is 208 g/mol. The molecule has 0 atom stereocenters. The molecule has 1 aliphatic rings. The maximum Gasteiger partial charge on any atom is 0.265 e. The van der Waals surface area contributed by atoms with Crippen LogP contribution >= 0.6 is 11.3 Å². The van der Waals surface area contributed by atoms with Crippen LogP contribution < -0.4 is 0 Å². The second-order valence-electron chi connectivity index (χ2n) is 3.53. The molecule has 0 bridgehead atoms. The molecule has 0 saturated carbocycles. The van der Waals surface area contributed by atoms with Crippen molar-refractivity contribution in [1.29, 1.82) is 0 Å². The number of likely N-dealkylation sites (tertiary alicyclic amines) is 1. The van der Waals surface area contributed by atoms with Gasteiger partial charge in [-0.3, -0.25) is 4.79 Å². The molecule has 0 radical (unpaired) electrons. The summed E-state index contributed by atoms with van der Waals surface area (Å²) < 4.78 is 0. The Labute approximate surface area is 93.1 Å². The van der Waals surface area contributed by atoms with E-state index in [1.807, 2.05) is 4.90 Å². The quantitative estimate of drug-likeness (QED) is 0.675. The van der Waals surface area contributed by atoms with E-state index in [1.54, 1.807) is 6.20 Å². The fourth-order valence-electron chi connectivity index (χ4n) is 1.69. The van der Waals surface area contributed by atoms with Crippen molar-refractivity contribution in [3.63, 3.8) is 0 Å². The van der Waals surface area contributed by atoms with Crippen LogP contribution in [0.5, 0.6) is 0 Å². The van der Waals surface area contributed by atoms with Gasteiger partial charge in [0.15, 0.2) is 5.01 Å². The molecule has 0 aromatic carbocycles. The summed E-state index contributed by atoms with van der Waals surface area (Å²) in [5.41, 5.74) is 0. The molecule has 15 heavy (non-hydrogen) atoms. The van der Waals surface area contributed by atoms with Crippen LogP contribution in [0.1, 0.15) is 33.9 Å². The maximum atomic E-state index is 12.0. The largest absolute Gasteiger partial charge is 0.338 e. The normalized spacial score (nSPS) is 16.1. The highest BCUT2D eigenvalue weighted by Gasteiger charge is 2.19. The summed E-state index contributed by atoms with van der Waals surface area (Å²) in [7, 11) is 0. The summed E-state index contributed by atoms with van der Waals surface area (Å²) in [5.74, 6) is 2.52. The SMILES string of the molecule is C#Cc1ncc(C(=O)N2CCCCC2)s1. The summed E-state index contributed by atoms with van der Waals surface area (Å²) in [6.45, 7) is 1.73. The average molecular weight is 220 g/mol. The number of carbonyl (C=O) groups excluding carboxylic acids is 1. The molecule has 4 heteroatoms. The van der Waals surface area contributed by atoms with Crippen LogP contribution in [-0.4, -0.2) is 28.9 Å². The van der Waals surface area contributed by atoms with E-state index in [2.05, 4.69) is 10.9 Å². The maximum absolute atomic E-state index is 12.0. The van der Waals surface area contributed by atoms with Crippen LogP contribution in [0.25, 0.3) is 0 Å². The number of aromatic nitrogens is 1. The Kier molecular flexibility index (Phi) is 3.02. The molecule has 0 unspecified atom stereocenters. The van der Waals surface area contributed by atoms with Gasteiger partial charge in [-0.1, -0.05) is 0 Å². The molecule has 1 aliphatic heterocycles. The van der Waals surface area contributed by atoms with E-state index in [4.69, 9.17) is 6.42 Å². The van der Waals surface area contributed by atoms with E-state index in [1.165, 1.54) is 17.8 Å². The summed E-state index contributed by atoms with van der Waals surface area (Å²) in [4.78, 5) is 18.5. The fourth-order valence-corrected chi connectivity index (χ4v) is 2.39. The van der Waals surface area contributed by atoms with Gasteiger partial charge in [-0.05, 0) is 25.2 Å². The fraction of sp³-hybridized carbons (Fsp3) is 0.455. The van der Waals surface area contributed by atoms with Crippen LogP contribution in [0.3, 0.4) is 0 Å². The standard InChI is InChI=1S/C11H12N2OS/c1-2-10-12-8-9(15-10)11(14)13-6-4-3-5-7-13/h1,8H,3-7H2. The second kappa shape index (κ2) is 4.45. The van der Waals surface area contributed by atoms with Gasteiger partial charge in [0.1, 0.15) is 4.88 Å². The topological polar surface area (TPSA) is 33.2 Å². The molecule has 0 spiro atoms. The van der Waals surface area contributed by atoms with Gasteiger partial charge < -0.3 is 4.90 Å². The van der Waals surface area contributed by atoms with Crippen molar-refractivity contribution in [1.82, 2.24) is 9.88 Å². The highest BCUT2D eigenvalue weighted by atomic mass is 32.1. The van der Waals surface area contributed by atoms with Crippen molar-refractivity contribution in [2.24, 2.45) is 0 Å². The van der Waals surface area contributed by atoms with Gasteiger partial charge in [-0.25, -0.2) is 4.98 Å². The van der Waals surface area contributed by atoms with Gasteiger partial charge in [0, 0.05) is 13.1 Å². The number of hydrogen-bond donors (Lipinski definition) is 0. The molecule has 78 valence electrons. The van der Waals surface area contributed by atoms with Crippen LogP contribution in [0, 0.1) is 12.3 Å². The molecular formula is C11H12N2OS. The third kappa shape index (κ3) is 2.18. The average Bonchev–Trinajstić information content (AvgIpc) is 2.78. The van der Waals surface area contributed by atoms with E-state index in [9.17, 15) is 4.79 Å². The summed E-state index contributed by atoms with van der Waals surface area (Å²) in [6.07, 6.45) is 10.2. The zero-order valence-electron chi connectivity index (χ0n) is 8.40. The van der Waals surface area contributed by atoms with Crippen LogP contribution in [0.15, 0.2) is 6.20 Å². The lowest BCUT2D eigenvalue weighted by Crippen LogP contribution is -2.35. The van der Waals surface area contributed by atoms with Crippen molar-refractivity contribution in [2.45, 2.75) is 19.3 Å². The zero-order valence-corrected chi connectivity index (χ0v) is 9.22. The smallest absolute Gasteiger partial charge is 0.265 e. The zero-order chi connectivity index (χ0) is 10.7. The molecule has 1 saturated heterocycles. The minimum Gasteiger partial charge on any atom is -0.338 e. The number of rotatable bonds is 1. The lowest BCUT2D eigenvalue weighted by atomic mass is 10.1. The van der Waals surface area contributed by atoms with Crippen molar-refractivity contribution >= 4 is 17.2 Å². The van der Waals surface area contributed by atoms with E-state index in [-0.39, 0.29) is 5.91 Å². The molecule has 0 N–H and O–H groups in total. The van der Waals surface area contributed by atoms with E-state index < -0.39 is 0 Å². The van der Waals surface area contributed by atoms with E-state index in [0.29, 0.717) is 9.88 Å². The van der Waals surface area contributed by atoms with Crippen molar-refractivity contribution in [3.8, 4) is 12.3 Å². The molecule has 1 amide bonds. The van der Waals surface area contributed by atoms with Gasteiger partial charge in [0.05, 0.1) is 6.20 Å². The van der Waals surface area contributed by atoms with Gasteiger partial charge in [0.25, 0.3) is 5.91 Å². The summed E-state index contributed by atoms with van der Waals surface area (Å²) in [5, 5.41) is 0.579. The van der Waals surface area contributed by atoms with Crippen molar-refractivity contribution < 1.29 is 4.79 Å². The summed E-state index contributed by atoms with van der Waals surface area (Å²) >= 11 is 1.30. The number of hydrogen-bond acceptors (Lipinski definition) is 3. The third-order valence-corrected chi connectivity index (χ3v) is 3.40. The number of amides is 1. The minimum absolute atomic E-state index is 0.0775. The first kappa shape index (κ1) is 10.2. The first-order valence-electron chi connectivity index (χ1n) is 5.03. The number of nitrogens with zero attached hydrogens (tertiary/aromatic N) is 2. The molecule has 2 heterocycles. The van der Waals surface area contributed by atoms with Gasteiger partial charge >= 0.3 is 0 Å². The van der Waals surface area contributed by atoms with E-state index >= 15 is 0 Å². The molecule has 1 aromatic heterocycles. The number of thiazole rings is 1.